The number of H-pyrrole nitrogens is 1. The molecule has 3 heterocycles. The second kappa shape index (κ2) is 6.76. The molecule has 5 nitrogen and oxygen atoms in total. The minimum absolute atomic E-state index is 0.0700. The van der Waals surface area contributed by atoms with Crippen LogP contribution in [0.5, 0.6) is 0 Å². The molecule has 2 aromatic rings. The molecule has 2 aliphatic rings. The molecule has 1 fully saturated rings. The maximum Gasteiger partial charge on any atom is 0.255 e. The molecule has 128 valence electrons. The fourth-order valence-electron chi connectivity index (χ4n) is 3.87. The molecule has 1 aliphatic heterocycles. The van der Waals surface area contributed by atoms with E-state index in [2.05, 4.69) is 21.8 Å². The standard InChI is InChI=1S/C18H24N4OS/c1-12-9-19-16(24-12)11-22-8-7-15-14(10-22)18(23)21-17(20-15)13-5-3-2-4-6-13/h9,13H,2-8,10-11H2,1H3,(H,20,21,23). The number of hydrogen-bond donors (Lipinski definition) is 1. The Balaban J connectivity index is 1.52. The van der Waals surface area contributed by atoms with Gasteiger partial charge in [-0.3, -0.25) is 9.69 Å². The number of rotatable bonds is 3. The van der Waals surface area contributed by atoms with Crippen LogP contribution in [0.15, 0.2) is 11.0 Å². The molecule has 0 spiro atoms. The highest BCUT2D eigenvalue weighted by Gasteiger charge is 2.24. The highest BCUT2D eigenvalue weighted by atomic mass is 32.1. The van der Waals surface area contributed by atoms with E-state index in [1.54, 1.807) is 11.3 Å². The van der Waals surface area contributed by atoms with Crippen molar-refractivity contribution in [1.82, 2.24) is 19.9 Å². The zero-order valence-corrected chi connectivity index (χ0v) is 15.0. The summed E-state index contributed by atoms with van der Waals surface area (Å²) in [5.74, 6) is 1.38. The van der Waals surface area contributed by atoms with Gasteiger partial charge in [0.1, 0.15) is 10.8 Å². The molecule has 1 N–H and O–H groups in total. The minimum Gasteiger partial charge on any atom is -0.310 e. The topological polar surface area (TPSA) is 61.9 Å². The number of aryl methyl sites for hydroxylation is 1. The van der Waals surface area contributed by atoms with Crippen LogP contribution < -0.4 is 5.56 Å². The zero-order chi connectivity index (χ0) is 16.5. The van der Waals surface area contributed by atoms with Crippen molar-refractivity contribution in [2.75, 3.05) is 6.54 Å². The van der Waals surface area contributed by atoms with Gasteiger partial charge in [-0.25, -0.2) is 9.97 Å². The van der Waals surface area contributed by atoms with E-state index in [1.165, 1.54) is 24.1 Å². The lowest BCUT2D eigenvalue weighted by Crippen LogP contribution is -2.36. The number of nitrogens with one attached hydrogen (secondary N) is 1. The van der Waals surface area contributed by atoms with Gasteiger partial charge in [0, 0.05) is 36.5 Å². The molecule has 6 heteroatoms. The Morgan fingerprint density at radius 1 is 1.33 bits per heavy atom. The third-order valence-electron chi connectivity index (χ3n) is 5.19. The third-order valence-corrected chi connectivity index (χ3v) is 6.08. The van der Waals surface area contributed by atoms with E-state index in [9.17, 15) is 4.79 Å². The van der Waals surface area contributed by atoms with Crippen molar-refractivity contribution in [3.63, 3.8) is 0 Å². The van der Waals surface area contributed by atoms with Gasteiger partial charge >= 0.3 is 0 Å². The summed E-state index contributed by atoms with van der Waals surface area (Å²) in [6, 6.07) is 0. The fraction of sp³-hybridized carbons (Fsp3) is 0.611. The van der Waals surface area contributed by atoms with Crippen LogP contribution in [0.2, 0.25) is 0 Å². The molecule has 0 amide bonds. The minimum atomic E-state index is 0.0700. The van der Waals surface area contributed by atoms with Crippen molar-refractivity contribution in [1.29, 1.82) is 0 Å². The summed E-state index contributed by atoms with van der Waals surface area (Å²) < 4.78 is 0. The summed E-state index contributed by atoms with van der Waals surface area (Å²) in [6.07, 6.45) is 8.94. The van der Waals surface area contributed by atoms with Gasteiger partial charge in [-0.05, 0) is 19.8 Å². The zero-order valence-electron chi connectivity index (χ0n) is 14.2. The number of aromatic amines is 1. The van der Waals surface area contributed by atoms with Gasteiger partial charge in [0.15, 0.2) is 0 Å². The van der Waals surface area contributed by atoms with Gasteiger partial charge in [0.2, 0.25) is 0 Å². The fourth-order valence-corrected chi connectivity index (χ4v) is 4.70. The van der Waals surface area contributed by atoms with E-state index in [4.69, 9.17) is 4.98 Å². The summed E-state index contributed by atoms with van der Waals surface area (Å²) in [5.41, 5.74) is 1.94. The van der Waals surface area contributed by atoms with Crippen LogP contribution in [0.4, 0.5) is 0 Å². The maximum atomic E-state index is 12.6. The van der Waals surface area contributed by atoms with Gasteiger partial charge in [-0.15, -0.1) is 11.3 Å². The van der Waals surface area contributed by atoms with Crippen LogP contribution >= 0.6 is 11.3 Å². The van der Waals surface area contributed by atoms with Crippen LogP contribution in [0.1, 0.15) is 65.0 Å². The summed E-state index contributed by atoms with van der Waals surface area (Å²) in [4.78, 5) is 28.5. The highest BCUT2D eigenvalue weighted by Crippen LogP contribution is 2.30. The number of aromatic nitrogens is 3. The van der Waals surface area contributed by atoms with E-state index in [0.29, 0.717) is 12.5 Å². The molecule has 0 radical (unpaired) electrons. The van der Waals surface area contributed by atoms with Gasteiger partial charge in [-0.2, -0.15) is 0 Å². The Labute approximate surface area is 146 Å². The monoisotopic (exact) mass is 344 g/mol. The van der Waals surface area contributed by atoms with Gasteiger partial charge < -0.3 is 4.98 Å². The van der Waals surface area contributed by atoms with Crippen LogP contribution in [0, 0.1) is 6.92 Å². The SMILES string of the molecule is Cc1cnc(CN2CCc3nc(C4CCCCC4)[nH]c(=O)c3C2)s1. The van der Waals surface area contributed by atoms with Crippen LogP contribution in [0.25, 0.3) is 0 Å². The third kappa shape index (κ3) is 3.30. The van der Waals surface area contributed by atoms with Crippen molar-refractivity contribution >= 4 is 11.3 Å². The average Bonchev–Trinajstić information content (AvgIpc) is 3.01. The predicted octanol–water partition coefficient (Wildman–Crippen LogP) is 3.14. The van der Waals surface area contributed by atoms with E-state index in [0.717, 1.165) is 54.4 Å². The Morgan fingerprint density at radius 2 is 2.17 bits per heavy atom. The Kier molecular flexibility index (Phi) is 4.50. The molecule has 0 bridgehead atoms. The lowest BCUT2D eigenvalue weighted by Gasteiger charge is -2.28. The lowest BCUT2D eigenvalue weighted by molar-refractivity contribution is 0.240. The quantitative estimate of drug-likeness (QED) is 0.929. The number of fused-ring (bicyclic) bond motifs is 1. The van der Waals surface area contributed by atoms with Gasteiger partial charge in [0.25, 0.3) is 5.56 Å². The highest BCUT2D eigenvalue weighted by molar-refractivity contribution is 7.11. The average molecular weight is 344 g/mol. The van der Waals surface area contributed by atoms with Crippen molar-refractivity contribution < 1.29 is 0 Å². The molecular weight excluding hydrogens is 320 g/mol. The van der Waals surface area contributed by atoms with Crippen LogP contribution in [-0.2, 0) is 19.5 Å². The van der Waals surface area contributed by atoms with Crippen molar-refractivity contribution in [3.05, 3.63) is 43.5 Å². The predicted molar refractivity (Wildman–Crippen MR) is 95.4 cm³/mol. The van der Waals surface area contributed by atoms with Crippen molar-refractivity contribution in [3.8, 4) is 0 Å². The molecular formula is C18H24N4OS. The number of nitrogens with zero attached hydrogens (tertiary/aromatic N) is 3. The first kappa shape index (κ1) is 16.0. The van der Waals surface area contributed by atoms with Gasteiger partial charge in [0.05, 0.1) is 17.8 Å². The van der Waals surface area contributed by atoms with Crippen molar-refractivity contribution in [2.45, 2.75) is 64.5 Å². The molecule has 24 heavy (non-hydrogen) atoms. The maximum absolute atomic E-state index is 12.6. The molecule has 0 saturated heterocycles. The van der Waals surface area contributed by atoms with Gasteiger partial charge in [-0.1, -0.05) is 19.3 Å². The first-order valence-electron chi connectivity index (χ1n) is 8.94. The first-order valence-corrected chi connectivity index (χ1v) is 9.76. The summed E-state index contributed by atoms with van der Waals surface area (Å²) >= 11 is 1.73. The van der Waals surface area contributed by atoms with E-state index < -0.39 is 0 Å². The summed E-state index contributed by atoms with van der Waals surface area (Å²) in [5, 5.41) is 1.12. The smallest absolute Gasteiger partial charge is 0.255 e. The number of thiazole rings is 1. The summed E-state index contributed by atoms with van der Waals surface area (Å²) in [7, 11) is 0. The second-order valence-corrected chi connectivity index (χ2v) is 8.36. The summed E-state index contributed by atoms with van der Waals surface area (Å²) in [6.45, 7) is 4.53. The van der Waals surface area contributed by atoms with Crippen LogP contribution in [0.3, 0.4) is 0 Å². The Bertz CT molecular complexity index is 776. The van der Waals surface area contributed by atoms with Crippen LogP contribution in [-0.4, -0.2) is 26.4 Å². The Hall–Kier alpha value is -1.53. The van der Waals surface area contributed by atoms with Crippen molar-refractivity contribution in [2.24, 2.45) is 0 Å². The molecule has 0 unspecified atom stereocenters. The molecule has 0 aromatic carbocycles. The molecule has 0 atom stereocenters. The van der Waals surface area contributed by atoms with E-state index in [1.807, 2.05) is 6.20 Å². The lowest BCUT2D eigenvalue weighted by atomic mass is 9.88. The Morgan fingerprint density at radius 3 is 2.92 bits per heavy atom. The largest absolute Gasteiger partial charge is 0.310 e. The molecule has 1 saturated carbocycles. The van der Waals surface area contributed by atoms with E-state index in [-0.39, 0.29) is 5.56 Å². The molecule has 1 aliphatic carbocycles. The molecule has 4 rings (SSSR count). The number of hydrogen-bond acceptors (Lipinski definition) is 5. The molecule has 2 aromatic heterocycles. The normalized spacial score (nSPS) is 19.4. The first-order chi connectivity index (χ1) is 11.7. The van der Waals surface area contributed by atoms with E-state index >= 15 is 0 Å². The second-order valence-electron chi connectivity index (χ2n) is 7.04.